The minimum Gasteiger partial charge on any atom is -0.147 e. The van der Waals surface area contributed by atoms with Crippen LogP contribution >= 0.6 is 38.6 Å². The molecule has 0 saturated carbocycles. The third-order valence-corrected chi connectivity index (χ3v) is 6.35. The first kappa shape index (κ1) is 11.4. The van der Waals surface area contributed by atoms with Gasteiger partial charge in [-0.3, -0.25) is 0 Å². The van der Waals surface area contributed by atoms with E-state index in [2.05, 4.69) is 53.4 Å². The Morgan fingerprint density at radius 3 is 2.67 bits per heavy atom. The lowest BCUT2D eigenvalue weighted by Crippen LogP contribution is -1.87. The zero-order chi connectivity index (χ0) is 10.8. The van der Waals surface area contributed by atoms with Crippen molar-refractivity contribution in [2.75, 3.05) is 0 Å². The molecule has 3 heteroatoms. The maximum Gasteiger partial charge on any atom is 0.0833 e. The van der Waals surface area contributed by atoms with Gasteiger partial charge in [0.05, 0.1) is 4.83 Å². The van der Waals surface area contributed by atoms with E-state index in [1.807, 2.05) is 22.7 Å². The summed E-state index contributed by atoms with van der Waals surface area (Å²) in [7, 11) is 0. The summed E-state index contributed by atoms with van der Waals surface area (Å²) in [6, 6.07) is 6.65. The predicted octanol–water partition coefficient (Wildman–Crippen LogP) is 5.16. The fraction of sp³-hybridized carbons (Fsp3) is 0.333. The summed E-state index contributed by atoms with van der Waals surface area (Å²) < 4.78 is 0. The first-order chi connectivity index (χ1) is 7.22. The third kappa shape index (κ3) is 2.35. The molecule has 1 atom stereocenters. The Labute approximate surface area is 107 Å². The second-order valence-electron chi connectivity index (χ2n) is 3.49. The van der Waals surface area contributed by atoms with Crippen LogP contribution in [0.3, 0.4) is 0 Å². The molecule has 0 radical (unpaired) electrons. The van der Waals surface area contributed by atoms with Gasteiger partial charge in [-0.25, -0.2) is 0 Å². The number of halogens is 1. The van der Waals surface area contributed by atoms with E-state index in [0.29, 0.717) is 4.83 Å². The Hall–Kier alpha value is -0.120. The molecule has 0 aliphatic heterocycles. The van der Waals surface area contributed by atoms with Gasteiger partial charge in [0.15, 0.2) is 0 Å². The van der Waals surface area contributed by atoms with E-state index in [1.165, 1.54) is 20.2 Å². The Bertz CT molecular complexity index is 442. The highest BCUT2D eigenvalue weighted by Crippen LogP contribution is 2.39. The van der Waals surface area contributed by atoms with Crippen molar-refractivity contribution in [2.24, 2.45) is 0 Å². The van der Waals surface area contributed by atoms with Crippen LogP contribution in [0.25, 0.3) is 0 Å². The summed E-state index contributed by atoms with van der Waals surface area (Å²) in [5.41, 5.74) is 1.38. The molecule has 80 valence electrons. The average molecular weight is 301 g/mol. The minimum absolute atomic E-state index is 0.378. The zero-order valence-electron chi connectivity index (χ0n) is 8.79. The number of thiophene rings is 2. The van der Waals surface area contributed by atoms with E-state index in [0.717, 1.165) is 6.42 Å². The van der Waals surface area contributed by atoms with E-state index >= 15 is 0 Å². The fourth-order valence-corrected chi connectivity index (χ4v) is 4.55. The lowest BCUT2D eigenvalue weighted by molar-refractivity contribution is 1.19. The molecule has 2 heterocycles. The van der Waals surface area contributed by atoms with Crippen LogP contribution < -0.4 is 0 Å². The molecule has 2 aromatic rings. The highest BCUT2D eigenvalue weighted by molar-refractivity contribution is 9.09. The van der Waals surface area contributed by atoms with Gasteiger partial charge in [0.25, 0.3) is 0 Å². The molecule has 15 heavy (non-hydrogen) atoms. The first-order valence-corrected chi connectivity index (χ1v) is 7.60. The second kappa shape index (κ2) is 4.81. The third-order valence-electron chi connectivity index (χ3n) is 2.41. The molecule has 0 N–H and O–H groups in total. The zero-order valence-corrected chi connectivity index (χ0v) is 12.0. The molecule has 0 aromatic carbocycles. The van der Waals surface area contributed by atoms with E-state index in [1.54, 1.807) is 0 Å². The minimum atomic E-state index is 0.378. The summed E-state index contributed by atoms with van der Waals surface area (Å²) in [6.45, 7) is 4.38. The molecule has 0 nitrogen and oxygen atoms in total. The van der Waals surface area contributed by atoms with E-state index in [-0.39, 0.29) is 0 Å². The summed E-state index contributed by atoms with van der Waals surface area (Å²) in [6.07, 6.45) is 1.13. The van der Waals surface area contributed by atoms with Gasteiger partial charge in [-0.1, -0.05) is 22.9 Å². The van der Waals surface area contributed by atoms with Gasteiger partial charge >= 0.3 is 0 Å². The first-order valence-electron chi connectivity index (χ1n) is 4.99. The maximum atomic E-state index is 3.79. The predicted molar refractivity (Wildman–Crippen MR) is 73.5 cm³/mol. The second-order valence-corrected chi connectivity index (χ2v) is 6.55. The number of rotatable bonds is 3. The van der Waals surface area contributed by atoms with Crippen molar-refractivity contribution >= 4 is 38.6 Å². The monoisotopic (exact) mass is 300 g/mol. The van der Waals surface area contributed by atoms with Crippen LogP contribution in [0.1, 0.15) is 31.9 Å². The Morgan fingerprint density at radius 1 is 1.33 bits per heavy atom. The number of aryl methyl sites for hydroxylation is 2. The Balaban J connectivity index is 2.28. The van der Waals surface area contributed by atoms with Crippen molar-refractivity contribution in [2.45, 2.75) is 25.1 Å². The van der Waals surface area contributed by atoms with E-state index < -0.39 is 0 Å². The maximum absolute atomic E-state index is 3.79. The molecule has 0 saturated heterocycles. The standard InChI is InChI=1S/C12H13BrS2/c1-3-9-4-5-10(15-9)11(13)12-8(2)6-7-14-12/h4-7,11H,3H2,1-2H3. The largest absolute Gasteiger partial charge is 0.147 e. The van der Waals surface area contributed by atoms with E-state index in [9.17, 15) is 0 Å². The van der Waals surface area contributed by atoms with Gasteiger partial charge in [-0.05, 0) is 42.5 Å². The fourth-order valence-electron chi connectivity index (χ4n) is 1.49. The van der Waals surface area contributed by atoms with Gasteiger partial charge in [-0.15, -0.1) is 22.7 Å². The van der Waals surface area contributed by atoms with Gasteiger partial charge < -0.3 is 0 Å². The molecule has 0 amide bonds. The highest BCUT2D eigenvalue weighted by atomic mass is 79.9. The van der Waals surface area contributed by atoms with Gasteiger partial charge in [0.1, 0.15) is 0 Å². The quantitative estimate of drug-likeness (QED) is 0.687. The lowest BCUT2D eigenvalue weighted by Gasteiger charge is -2.06. The molecular weight excluding hydrogens is 288 g/mol. The summed E-state index contributed by atoms with van der Waals surface area (Å²) >= 11 is 7.52. The molecule has 2 aromatic heterocycles. The Morgan fingerprint density at radius 2 is 2.13 bits per heavy atom. The van der Waals surface area contributed by atoms with Crippen LogP contribution in [-0.4, -0.2) is 0 Å². The van der Waals surface area contributed by atoms with Crippen LogP contribution in [0.15, 0.2) is 23.6 Å². The summed E-state index contributed by atoms with van der Waals surface area (Å²) in [5, 5.41) is 2.16. The summed E-state index contributed by atoms with van der Waals surface area (Å²) in [5.74, 6) is 0. The molecule has 0 aliphatic carbocycles. The molecule has 1 unspecified atom stereocenters. The van der Waals surface area contributed by atoms with Crippen LogP contribution in [-0.2, 0) is 6.42 Å². The molecule has 0 aliphatic rings. The molecular formula is C12H13BrS2. The topological polar surface area (TPSA) is 0 Å². The van der Waals surface area contributed by atoms with Crippen molar-refractivity contribution in [3.8, 4) is 0 Å². The average Bonchev–Trinajstić information content (AvgIpc) is 2.84. The van der Waals surface area contributed by atoms with Crippen LogP contribution in [0.5, 0.6) is 0 Å². The molecule has 0 fully saturated rings. The number of alkyl halides is 1. The Kier molecular flexibility index (Phi) is 3.65. The number of hydrogen-bond acceptors (Lipinski definition) is 2. The van der Waals surface area contributed by atoms with Gasteiger partial charge in [0.2, 0.25) is 0 Å². The normalized spacial score (nSPS) is 13.0. The number of hydrogen-bond donors (Lipinski definition) is 0. The van der Waals surface area contributed by atoms with Crippen LogP contribution in [0.4, 0.5) is 0 Å². The summed E-state index contributed by atoms with van der Waals surface area (Å²) in [4.78, 5) is 4.68. The SMILES string of the molecule is CCc1ccc(C(Br)c2sccc2C)s1. The smallest absolute Gasteiger partial charge is 0.0833 e. The van der Waals surface area contributed by atoms with Crippen LogP contribution in [0, 0.1) is 6.92 Å². The van der Waals surface area contributed by atoms with Crippen molar-refractivity contribution < 1.29 is 0 Å². The van der Waals surface area contributed by atoms with Crippen LogP contribution in [0.2, 0.25) is 0 Å². The van der Waals surface area contributed by atoms with Crippen molar-refractivity contribution in [1.29, 1.82) is 0 Å². The van der Waals surface area contributed by atoms with Crippen molar-refractivity contribution in [3.63, 3.8) is 0 Å². The van der Waals surface area contributed by atoms with Gasteiger partial charge in [-0.2, -0.15) is 0 Å². The van der Waals surface area contributed by atoms with Crippen molar-refractivity contribution in [1.82, 2.24) is 0 Å². The van der Waals surface area contributed by atoms with Gasteiger partial charge in [0, 0.05) is 14.6 Å². The highest BCUT2D eigenvalue weighted by Gasteiger charge is 2.15. The molecule has 2 rings (SSSR count). The molecule has 0 bridgehead atoms. The van der Waals surface area contributed by atoms with E-state index in [4.69, 9.17) is 0 Å². The van der Waals surface area contributed by atoms with Crippen molar-refractivity contribution in [3.05, 3.63) is 43.8 Å². The molecule has 0 spiro atoms. The lowest BCUT2D eigenvalue weighted by atomic mass is 10.2.